The standard InChI is InChI=1S/C14H13BN2O4/c18-14-6-5-13-12(16-14)7-8-17(13)9-10-1-3-11(4-2-10)21-15(19)20/h1-8,19-20H,9H2,(H,16,18). The van der Waals surface area contributed by atoms with Crippen LogP contribution >= 0.6 is 0 Å². The van der Waals surface area contributed by atoms with Gasteiger partial charge in [0.25, 0.3) is 0 Å². The molecule has 1 aromatic carbocycles. The van der Waals surface area contributed by atoms with Gasteiger partial charge in [0.05, 0.1) is 11.0 Å². The predicted molar refractivity (Wildman–Crippen MR) is 78.9 cm³/mol. The van der Waals surface area contributed by atoms with E-state index in [0.29, 0.717) is 12.3 Å². The minimum atomic E-state index is -1.82. The van der Waals surface area contributed by atoms with Crippen molar-refractivity contribution in [3.8, 4) is 5.75 Å². The smallest absolute Gasteiger partial charge is 0.512 e. The van der Waals surface area contributed by atoms with Crippen LogP contribution in [0.3, 0.4) is 0 Å². The third kappa shape index (κ3) is 2.99. The highest BCUT2D eigenvalue weighted by atomic mass is 16.6. The van der Waals surface area contributed by atoms with Crippen LogP contribution in [0.25, 0.3) is 11.0 Å². The molecule has 7 heteroatoms. The summed E-state index contributed by atoms with van der Waals surface area (Å²) in [5, 5.41) is 17.4. The Morgan fingerprint density at radius 1 is 1.10 bits per heavy atom. The van der Waals surface area contributed by atoms with E-state index in [2.05, 4.69) is 4.98 Å². The third-order valence-corrected chi connectivity index (χ3v) is 3.17. The van der Waals surface area contributed by atoms with Gasteiger partial charge in [0, 0.05) is 18.8 Å². The number of aromatic nitrogens is 2. The van der Waals surface area contributed by atoms with E-state index >= 15 is 0 Å². The molecule has 0 saturated carbocycles. The number of pyridine rings is 1. The Morgan fingerprint density at radius 3 is 2.57 bits per heavy atom. The fourth-order valence-electron chi connectivity index (χ4n) is 2.23. The largest absolute Gasteiger partial charge is 0.707 e. The van der Waals surface area contributed by atoms with E-state index in [1.165, 1.54) is 6.07 Å². The fraction of sp³-hybridized carbons (Fsp3) is 0.0714. The Kier molecular flexibility index (Phi) is 3.51. The average Bonchev–Trinajstić information content (AvgIpc) is 2.83. The monoisotopic (exact) mass is 284 g/mol. The Balaban J connectivity index is 1.83. The quantitative estimate of drug-likeness (QED) is 0.616. The first-order valence-electron chi connectivity index (χ1n) is 6.42. The molecule has 0 spiro atoms. The SMILES string of the molecule is O=c1ccc2c(ccn2Cc2ccc(OB(O)O)cc2)[nH]1. The molecule has 0 aliphatic heterocycles. The summed E-state index contributed by atoms with van der Waals surface area (Å²) in [7, 11) is -1.82. The molecule has 3 aromatic rings. The molecule has 2 heterocycles. The van der Waals surface area contributed by atoms with Crippen molar-refractivity contribution in [1.82, 2.24) is 9.55 Å². The Morgan fingerprint density at radius 2 is 1.86 bits per heavy atom. The molecule has 0 aliphatic carbocycles. The molecule has 0 radical (unpaired) electrons. The first kappa shape index (κ1) is 13.5. The average molecular weight is 284 g/mol. The molecule has 0 amide bonds. The molecule has 0 atom stereocenters. The Bertz CT molecular complexity index is 808. The summed E-state index contributed by atoms with van der Waals surface area (Å²) in [6, 6.07) is 12.2. The van der Waals surface area contributed by atoms with Crippen LogP contribution in [-0.4, -0.2) is 26.9 Å². The second-order valence-corrected chi connectivity index (χ2v) is 4.65. The van der Waals surface area contributed by atoms with E-state index in [9.17, 15) is 4.79 Å². The number of rotatable bonds is 4. The van der Waals surface area contributed by atoms with Crippen LogP contribution in [0.4, 0.5) is 0 Å². The zero-order valence-electron chi connectivity index (χ0n) is 11.1. The van der Waals surface area contributed by atoms with Crippen LogP contribution < -0.4 is 10.2 Å². The molecule has 3 N–H and O–H groups in total. The first-order chi connectivity index (χ1) is 10.1. The number of H-pyrrole nitrogens is 1. The van der Waals surface area contributed by atoms with Gasteiger partial charge >= 0.3 is 7.32 Å². The van der Waals surface area contributed by atoms with Crippen LogP contribution in [0.2, 0.25) is 0 Å². The van der Waals surface area contributed by atoms with E-state index in [4.69, 9.17) is 14.7 Å². The number of nitrogens with zero attached hydrogens (tertiary/aromatic N) is 1. The lowest BCUT2D eigenvalue weighted by Crippen LogP contribution is -2.20. The summed E-state index contributed by atoms with van der Waals surface area (Å²) >= 11 is 0. The van der Waals surface area contributed by atoms with Gasteiger partial charge in [-0.1, -0.05) is 12.1 Å². The molecular weight excluding hydrogens is 271 g/mol. The number of nitrogens with one attached hydrogen (secondary N) is 1. The summed E-state index contributed by atoms with van der Waals surface area (Å²) in [5.74, 6) is 0.385. The predicted octanol–water partition coefficient (Wildman–Crippen LogP) is 0.726. The minimum absolute atomic E-state index is 0.121. The van der Waals surface area contributed by atoms with Crippen molar-refractivity contribution in [3.63, 3.8) is 0 Å². The molecule has 3 rings (SSSR count). The third-order valence-electron chi connectivity index (χ3n) is 3.17. The highest BCUT2D eigenvalue weighted by Crippen LogP contribution is 2.16. The van der Waals surface area contributed by atoms with Crippen LogP contribution in [-0.2, 0) is 6.54 Å². The lowest BCUT2D eigenvalue weighted by molar-refractivity contribution is 0.288. The van der Waals surface area contributed by atoms with E-state index in [-0.39, 0.29) is 5.56 Å². The molecule has 0 bridgehead atoms. The number of aromatic amines is 1. The van der Waals surface area contributed by atoms with Gasteiger partial charge in [-0.15, -0.1) is 0 Å². The maximum Gasteiger partial charge on any atom is 0.707 e. The van der Waals surface area contributed by atoms with E-state index in [1.807, 2.05) is 29.0 Å². The van der Waals surface area contributed by atoms with Crippen molar-refractivity contribution in [2.75, 3.05) is 0 Å². The van der Waals surface area contributed by atoms with Crippen LogP contribution in [0.5, 0.6) is 5.75 Å². The lowest BCUT2D eigenvalue weighted by Gasteiger charge is -2.08. The summed E-state index contributed by atoms with van der Waals surface area (Å²) in [5.41, 5.74) is 2.65. The van der Waals surface area contributed by atoms with Gasteiger partial charge in [0.2, 0.25) is 5.56 Å². The molecule has 2 aromatic heterocycles. The van der Waals surface area contributed by atoms with E-state index in [0.717, 1.165) is 16.6 Å². The summed E-state index contributed by atoms with van der Waals surface area (Å²) in [6.45, 7) is 0.636. The molecule has 0 unspecified atom stereocenters. The van der Waals surface area contributed by atoms with Gasteiger partial charge in [-0.3, -0.25) is 4.79 Å². The number of benzene rings is 1. The van der Waals surface area contributed by atoms with E-state index < -0.39 is 7.32 Å². The first-order valence-corrected chi connectivity index (χ1v) is 6.42. The lowest BCUT2D eigenvalue weighted by atomic mass is 10.2. The molecule has 106 valence electrons. The Labute approximate surface area is 120 Å². The molecule has 0 aliphatic rings. The minimum Gasteiger partial charge on any atom is -0.512 e. The normalized spacial score (nSPS) is 10.8. The molecular formula is C14H13BN2O4. The zero-order valence-corrected chi connectivity index (χ0v) is 11.1. The highest BCUT2D eigenvalue weighted by molar-refractivity contribution is 6.33. The summed E-state index contributed by atoms with van der Waals surface area (Å²) in [4.78, 5) is 14.0. The highest BCUT2D eigenvalue weighted by Gasteiger charge is 2.10. The molecule has 0 fully saturated rings. The van der Waals surface area contributed by atoms with Gasteiger partial charge in [-0.05, 0) is 29.8 Å². The topological polar surface area (TPSA) is 87.5 Å². The number of hydrogen-bond acceptors (Lipinski definition) is 4. The zero-order chi connectivity index (χ0) is 14.8. The maximum absolute atomic E-state index is 11.3. The van der Waals surface area contributed by atoms with Crippen molar-refractivity contribution >= 4 is 18.4 Å². The van der Waals surface area contributed by atoms with Gasteiger partial charge in [-0.2, -0.15) is 0 Å². The van der Waals surface area contributed by atoms with Crippen molar-refractivity contribution in [2.24, 2.45) is 0 Å². The molecule has 0 saturated heterocycles. The van der Waals surface area contributed by atoms with E-state index in [1.54, 1.807) is 18.2 Å². The second kappa shape index (κ2) is 5.47. The van der Waals surface area contributed by atoms with Crippen LogP contribution in [0, 0.1) is 0 Å². The Hall–Kier alpha value is -2.51. The van der Waals surface area contributed by atoms with Gasteiger partial charge < -0.3 is 24.3 Å². The van der Waals surface area contributed by atoms with Crippen molar-refractivity contribution in [3.05, 3.63) is 64.6 Å². The fourth-order valence-corrected chi connectivity index (χ4v) is 2.23. The summed E-state index contributed by atoms with van der Waals surface area (Å²) < 4.78 is 6.77. The van der Waals surface area contributed by atoms with Crippen molar-refractivity contribution in [2.45, 2.75) is 6.54 Å². The number of hydrogen-bond donors (Lipinski definition) is 3. The van der Waals surface area contributed by atoms with Gasteiger partial charge in [-0.25, -0.2) is 0 Å². The number of fused-ring (bicyclic) bond motifs is 1. The molecule has 21 heavy (non-hydrogen) atoms. The van der Waals surface area contributed by atoms with Crippen LogP contribution in [0.1, 0.15) is 5.56 Å². The second-order valence-electron chi connectivity index (χ2n) is 4.65. The maximum atomic E-state index is 11.3. The summed E-state index contributed by atoms with van der Waals surface area (Å²) in [6.07, 6.45) is 1.91. The van der Waals surface area contributed by atoms with Gasteiger partial charge in [0.15, 0.2) is 0 Å². The molecule has 6 nitrogen and oxygen atoms in total. The van der Waals surface area contributed by atoms with Crippen molar-refractivity contribution < 1.29 is 14.7 Å². The van der Waals surface area contributed by atoms with Crippen LogP contribution in [0.15, 0.2) is 53.5 Å². The van der Waals surface area contributed by atoms with Crippen molar-refractivity contribution in [1.29, 1.82) is 0 Å². The van der Waals surface area contributed by atoms with Gasteiger partial charge in [0.1, 0.15) is 5.75 Å².